The Bertz CT molecular complexity index is 705. The highest BCUT2D eigenvalue weighted by atomic mass is 127. The number of rotatable bonds is 7. The van der Waals surface area contributed by atoms with E-state index in [4.69, 9.17) is 0 Å². The van der Waals surface area contributed by atoms with E-state index >= 15 is 0 Å². The summed E-state index contributed by atoms with van der Waals surface area (Å²) in [6.07, 6.45) is -0.478. The van der Waals surface area contributed by atoms with Gasteiger partial charge in [-0.25, -0.2) is 9.79 Å². The molecule has 1 heterocycles. The molecule has 3 N–H and O–H groups in total. The van der Waals surface area contributed by atoms with Crippen LogP contribution in [0.25, 0.3) is 0 Å². The molecular formula is C19H27IN4O2S. The van der Waals surface area contributed by atoms with Gasteiger partial charge in [0.1, 0.15) is 0 Å². The third kappa shape index (κ3) is 8.17. The number of carbonyl (C=O) groups is 1. The summed E-state index contributed by atoms with van der Waals surface area (Å²) in [5, 5.41) is 11.4. The van der Waals surface area contributed by atoms with E-state index in [-0.39, 0.29) is 24.0 Å². The minimum Gasteiger partial charge on any atom is -0.453 e. The summed E-state index contributed by atoms with van der Waals surface area (Å²) in [6.45, 7) is 6.44. The van der Waals surface area contributed by atoms with Gasteiger partial charge in [0.25, 0.3) is 0 Å². The van der Waals surface area contributed by atoms with E-state index in [0.29, 0.717) is 18.2 Å². The molecule has 1 unspecified atom stereocenters. The minimum atomic E-state index is -0.478. The monoisotopic (exact) mass is 502 g/mol. The lowest BCUT2D eigenvalue weighted by molar-refractivity contribution is 0.187. The molecule has 0 aliphatic heterocycles. The van der Waals surface area contributed by atoms with Crippen LogP contribution in [0.1, 0.15) is 30.2 Å². The van der Waals surface area contributed by atoms with E-state index in [1.165, 1.54) is 12.0 Å². The fourth-order valence-electron chi connectivity index (χ4n) is 2.30. The fraction of sp³-hybridized carbons (Fsp3) is 0.368. The summed E-state index contributed by atoms with van der Waals surface area (Å²) >= 11 is 1.77. The van der Waals surface area contributed by atoms with Crippen molar-refractivity contribution in [1.29, 1.82) is 0 Å². The van der Waals surface area contributed by atoms with E-state index < -0.39 is 6.09 Å². The van der Waals surface area contributed by atoms with Gasteiger partial charge in [-0.05, 0) is 36.1 Å². The number of halogens is 1. The van der Waals surface area contributed by atoms with Crippen LogP contribution in [-0.2, 0) is 11.3 Å². The van der Waals surface area contributed by atoms with E-state index in [9.17, 15) is 4.79 Å². The second kappa shape index (κ2) is 12.6. The number of ether oxygens (including phenoxy) is 1. The summed E-state index contributed by atoms with van der Waals surface area (Å²) in [7, 11) is 1.34. The number of amides is 1. The molecule has 0 spiro atoms. The number of hydrogen-bond donors (Lipinski definition) is 3. The first-order chi connectivity index (χ1) is 12.6. The van der Waals surface area contributed by atoms with E-state index in [0.717, 1.165) is 24.6 Å². The Morgan fingerprint density at radius 2 is 1.96 bits per heavy atom. The first-order valence-corrected chi connectivity index (χ1v) is 9.49. The van der Waals surface area contributed by atoms with Crippen molar-refractivity contribution in [2.45, 2.75) is 26.3 Å². The zero-order valence-corrected chi connectivity index (χ0v) is 19.0. The Morgan fingerprint density at radius 3 is 2.56 bits per heavy atom. The average Bonchev–Trinajstić information content (AvgIpc) is 3.19. The van der Waals surface area contributed by atoms with Gasteiger partial charge in [0.2, 0.25) is 0 Å². The zero-order chi connectivity index (χ0) is 18.8. The van der Waals surface area contributed by atoms with Crippen molar-refractivity contribution in [2.75, 3.05) is 25.5 Å². The summed E-state index contributed by atoms with van der Waals surface area (Å²) in [5.74, 6) is 1.23. The number of nitrogens with zero attached hydrogens (tertiary/aromatic N) is 1. The predicted octanol–water partition coefficient (Wildman–Crippen LogP) is 4.40. The number of guanidine groups is 1. The number of anilines is 1. The van der Waals surface area contributed by atoms with Gasteiger partial charge in [-0.2, -0.15) is 0 Å². The maximum atomic E-state index is 11.2. The van der Waals surface area contributed by atoms with Crippen molar-refractivity contribution in [3.63, 3.8) is 0 Å². The normalized spacial score (nSPS) is 11.9. The molecule has 0 aliphatic rings. The van der Waals surface area contributed by atoms with Gasteiger partial charge < -0.3 is 15.4 Å². The van der Waals surface area contributed by atoms with Crippen LogP contribution in [0.4, 0.5) is 10.5 Å². The van der Waals surface area contributed by atoms with Crippen LogP contribution in [0.15, 0.2) is 46.8 Å². The lowest BCUT2D eigenvalue weighted by Gasteiger charge is -2.15. The highest BCUT2D eigenvalue weighted by molar-refractivity contribution is 14.0. The molecule has 1 atom stereocenters. The molecule has 0 saturated carbocycles. The predicted molar refractivity (Wildman–Crippen MR) is 123 cm³/mol. The molecule has 0 bridgehead atoms. The second-order valence-corrected chi connectivity index (χ2v) is 6.79. The molecule has 27 heavy (non-hydrogen) atoms. The van der Waals surface area contributed by atoms with Crippen LogP contribution in [-0.4, -0.2) is 32.3 Å². The fourth-order valence-corrected chi connectivity index (χ4v) is 3.08. The summed E-state index contributed by atoms with van der Waals surface area (Å²) in [6, 6.07) is 11.8. The Kier molecular flexibility index (Phi) is 10.8. The molecule has 0 saturated heterocycles. The van der Waals surface area contributed by atoms with E-state index in [1.807, 2.05) is 31.2 Å². The van der Waals surface area contributed by atoms with Gasteiger partial charge in [0, 0.05) is 29.6 Å². The van der Waals surface area contributed by atoms with Crippen molar-refractivity contribution >= 4 is 53.1 Å². The van der Waals surface area contributed by atoms with Crippen molar-refractivity contribution in [1.82, 2.24) is 10.6 Å². The topological polar surface area (TPSA) is 74.8 Å². The first kappa shape index (κ1) is 23.2. The third-order valence-corrected chi connectivity index (χ3v) is 4.86. The molecule has 8 heteroatoms. The minimum absolute atomic E-state index is 0. The van der Waals surface area contributed by atoms with Crippen LogP contribution in [0.3, 0.4) is 0 Å². The molecule has 1 aromatic carbocycles. The van der Waals surface area contributed by atoms with Crippen LogP contribution >= 0.6 is 35.3 Å². The standard InChI is InChI=1S/C19H26N4O2S.HI/c1-4-20-18(21-12-14(2)17-6-5-11-26-17)22-13-15-7-9-16(10-8-15)23-19(24)25-3;/h5-11,14H,4,12-13H2,1-3H3,(H,23,24)(H2,20,21,22);1H. The van der Waals surface area contributed by atoms with Gasteiger partial charge in [0.05, 0.1) is 13.7 Å². The number of thiophene rings is 1. The molecule has 1 amide bonds. The van der Waals surface area contributed by atoms with Gasteiger partial charge in [-0.3, -0.25) is 5.32 Å². The number of hydrogen-bond acceptors (Lipinski definition) is 4. The lowest BCUT2D eigenvalue weighted by Crippen LogP contribution is -2.39. The van der Waals surface area contributed by atoms with Crippen molar-refractivity contribution in [3.8, 4) is 0 Å². The number of nitrogens with one attached hydrogen (secondary N) is 3. The molecule has 0 fully saturated rings. The number of carbonyl (C=O) groups excluding carboxylic acids is 1. The molecular weight excluding hydrogens is 475 g/mol. The van der Waals surface area contributed by atoms with Crippen LogP contribution in [0.2, 0.25) is 0 Å². The van der Waals surface area contributed by atoms with Crippen LogP contribution < -0.4 is 16.0 Å². The molecule has 1 aromatic heterocycles. The smallest absolute Gasteiger partial charge is 0.411 e. The number of methoxy groups -OCH3 is 1. The summed E-state index contributed by atoms with van der Waals surface area (Å²) < 4.78 is 4.58. The number of benzene rings is 1. The third-order valence-electron chi connectivity index (χ3n) is 3.75. The van der Waals surface area contributed by atoms with Gasteiger partial charge in [0.15, 0.2) is 5.96 Å². The van der Waals surface area contributed by atoms with Gasteiger partial charge in [-0.1, -0.05) is 25.1 Å². The quantitative estimate of drug-likeness (QED) is 0.298. The van der Waals surface area contributed by atoms with Gasteiger partial charge in [-0.15, -0.1) is 35.3 Å². The molecule has 2 rings (SSSR count). The van der Waals surface area contributed by atoms with Gasteiger partial charge >= 0.3 is 6.09 Å². The molecule has 0 aliphatic carbocycles. The highest BCUT2D eigenvalue weighted by Gasteiger charge is 2.07. The van der Waals surface area contributed by atoms with E-state index in [2.05, 4.69) is 50.1 Å². The maximum absolute atomic E-state index is 11.2. The van der Waals surface area contributed by atoms with Crippen LogP contribution in [0.5, 0.6) is 0 Å². The second-order valence-electron chi connectivity index (χ2n) is 5.81. The van der Waals surface area contributed by atoms with Crippen LogP contribution in [0, 0.1) is 0 Å². The number of aliphatic imine (C=N–C) groups is 1. The van der Waals surface area contributed by atoms with Crippen molar-refractivity contribution in [3.05, 3.63) is 52.2 Å². The summed E-state index contributed by atoms with van der Waals surface area (Å²) in [4.78, 5) is 17.2. The lowest BCUT2D eigenvalue weighted by atomic mass is 10.1. The zero-order valence-electron chi connectivity index (χ0n) is 15.8. The van der Waals surface area contributed by atoms with E-state index in [1.54, 1.807) is 11.3 Å². The Labute approximate surface area is 181 Å². The maximum Gasteiger partial charge on any atom is 0.411 e. The average molecular weight is 502 g/mol. The van der Waals surface area contributed by atoms with Crippen molar-refractivity contribution in [2.24, 2.45) is 4.99 Å². The first-order valence-electron chi connectivity index (χ1n) is 8.61. The molecule has 2 aromatic rings. The molecule has 6 nitrogen and oxygen atoms in total. The van der Waals surface area contributed by atoms with Crippen molar-refractivity contribution < 1.29 is 9.53 Å². The summed E-state index contributed by atoms with van der Waals surface area (Å²) in [5.41, 5.74) is 1.75. The SMILES string of the molecule is CCNC(=NCc1ccc(NC(=O)OC)cc1)NCC(C)c1cccs1.I. The Balaban J connectivity index is 0.00000364. The Morgan fingerprint density at radius 1 is 1.22 bits per heavy atom. The largest absolute Gasteiger partial charge is 0.453 e. The highest BCUT2D eigenvalue weighted by Crippen LogP contribution is 2.19. The molecule has 148 valence electrons. The Hall–Kier alpha value is -1.81. The molecule has 0 radical (unpaired) electrons.